The summed E-state index contributed by atoms with van der Waals surface area (Å²) in [5.41, 5.74) is 0.503. The van der Waals surface area contributed by atoms with Gasteiger partial charge in [0.05, 0.1) is 6.10 Å². The highest BCUT2D eigenvalue weighted by Gasteiger charge is 2.40. The molecule has 0 aliphatic carbocycles. The van der Waals surface area contributed by atoms with Crippen LogP contribution in [-0.4, -0.2) is 11.9 Å². The van der Waals surface area contributed by atoms with Crippen LogP contribution in [0.25, 0.3) is 0 Å². The van der Waals surface area contributed by atoms with Gasteiger partial charge >= 0.3 is 0 Å². The Kier molecular flexibility index (Phi) is 2.52. The number of hydrogen-bond donors (Lipinski definition) is 0. The Morgan fingerprint density at radius 2 is 1.93 bits per heavy atom. The fourth-order valence-corrected chi connectivity index (χ4v) is 1.81. The van der Waals surface area contributed by atoms with Crippen molar-refractivity contribution in [1.82, 2.24) is 0 Å². The average molecular weight is 209 g/mol. The van der Waals surface area contributed by atoms with Crippen molar-refractivity contribution < 1.29 is 13.9 Å². The van der Waals surface area contributed by atoms with E-state index in [9.17, 15) is 4.39 Å². The number of hydrogen-bond acceptors (Lipinski definition) is 2. The van der Waals surface area contributed by atoms with Crippen molar-refractivity contribution in [3.8, 4) is 0 Å². The van der Waals surface area contributed by atoms with Gasteiger partial charge in [-0.05, 0) is 26.8 Å². The summed E-state index contributed by atoms with van der Waals surface area (Å²) in [6.07, 6.45) is -0.807. The van der Waals surface area contributed by atoms with Gasteiger partial charge in [0.15, 0.2) is 5.79 Å². The fourth-order valence-electron chi connectivity index (χ4n) is 1.81. The molecule has 1 radical (unpaired) electrons. The molecule has 15 heavy (non-hydrogen) atoms. The van der Waals surface area contributed by atoms with E-state index in [2.05, 4.69) is 6.92 Å². The molecule has 1 aromatic rings. The van der Waals surface area contributed by atoms with Crippen LogP contribution in [0.1, 0.15) is 25.5 Å². The first-order valence-electron chi connectivity index (χ1n) is 4.93. The highest BCUT2D eigenvalue weighted by atomic mass is 19.1. The molecule has 81 valence electrons. The molecule has 1 saturated heterocycles. The van der Waals surface area contributed by atoms with Gasteiger partial charge < -0.3 is 9.47 Å². The van der Waals surface area contributed by atoms with E-state index in [0.29, 0.717) is 5.56 Å². The molecule has 2 rings (SSSR count). The Labute approximate surface area is 89.0 Å². The smallest absolute Gasteiger partial charge is 0.164 e. The third kappa shape index (κ3) is 2.03. The quantitative estimate of drug-likeness (QED) is 0.708. The van der Waals surface area contributed by atoms with Crippen LogP contribution in [0.4, 0.5) is 4.39 Å². The Morgan fingerprint density at radius 1 is 1.27 bits per heavy atom. The van der Waals surface area contributed by atoms with Gasteiger partial charge in [-0.3, -0.25) is 0 Å². The van der Waals surface area contributed by atoms with Gasteiger partial charge in [-0.25, -0.2) is 4.39 Å². The van der Waals surface area contributed by atoms with E-state index in [1.165, 1.54) is 6.07 Å². The molecule has 2 atom stereocenters. The maximum Gasteiger partial charge on any atom is 0.164 e. The predicted octanol–water partition coefficient (Wildman–Crippen LogP) is 2.85. The van der Waals surface area contributed by atoms with Crippen LogP contribution in [0.2, 0.25) is 0 Å². The van der Waals surface area contributed by atoms with Crippen molar-refractivity contribution in [2.24, 2.45) is 0 Å². The minimum absolute atomic E-state index is 0.280. The zero-order chi connectivity index (χ0) is 11.1. The Hall–Kier alpha value is -0.930. The molecule has 0 bridgehead atoms. The topological polar surface area (TPSA) is 18.5 Å². The standard InChI is InChI=1S/C12H14FO2/c1-8-11(15-12(2,3)14-8)9-6-4-5-7-10(9)13/h4-8,11H,1H2,2-3H3/t8-,11+/m1/s1. The molecule has 3 heteroatoms. The Balaban J connectivity index is 2.29. The molecular formula is C12H14FO2. The minimum atomic E-state index is -0.695. The summed E-state index contributed by atoms with van der Waals surface area (Å²) in [6, 6.07) is 6.54. The van der Waals surface area contributed by atoms with E-state index in [-0.39, 0.29) is 11.9 Å². The molecule has 1 heterocycles. The highest BCUT2D eigenvalue weighted by Crippen LogP contribution is 2.38. The van der Waals surface area contributed by atoms with E-state index in [4.69, 9.17) is 9.47 Å². The number of benzene rings is 1. The van der Waals surface area contributed by atoms with Crippen LogP contribution in [-0.2, 0) is 9.47 Å². The lowest BCUT2D eigenvalue weighted by Crippen LogP contribution is -2.20. The summed E-state index contributed by atoms with van der Waals surface area (Å²) in [4.78, 5) is 0. The van der Waals surface area contributed by atoms with Gasteiger partial charge in [0.25, 0.3) is 0 Å². The van der Waals surface area contributed by atoms with Crippen LogP contribution >= 0.6 is 0 Å². The van der Waals surface area contributed by atoms with Gasteiger partial charge in [0.1, 0.15) is 11.9 Å². The zero-order valence-electron chi connectivity index (χ0n) is 8.87. The summed E-state index contributed by atoms with van der Waals surface area (Å²) in [6.45, 7) is 7.41. The molecule has 0 N–H and O–H groups in total. The van der Waals surface area contributed by atoms with Crippen LogP contribution in [0.5, 0.6) is 0 Å². The summed E-state index contributed by atoms with van der Waals surface area (Å²) < 4.78 is 24.6. The molecule has 0 amide bonds. The lowest BCUT2D eigenvalue weighted by atomic mass is 10.1. The summed E-state index contributed by atoms with van der Waals surface area (Å²) >= 11 is 0. The first-order valence-corrected chi connectivity index (χ1v) is 4.93. The predicted molar refractivity (Wildman–Crippen MR) is 54.5 cm³/mol. The van der Waals surface area contributed by atoms with Crippen molar-refractivity contribution in [3.63, 3.8) is 0 Å². The van der Waals surface area contributed by atoms with Gasteiger partial charge in [0.2, 0.25) is 0 Å². The molecular weight excluding hydrogens is 195 g/mol. The van der Waals surface area contributed by atoms with E-state index < -0.39 is 11.9 Å². The van der Waals surface area contributed by atoms with Gasteiger partial charge in [-0.1, -0.05) is 18.2 Å². The normalized spacial score (nSPS) is 29.3. The summed E-state index contributed by atoms with van der Waals surface area (Å²) in [7, 11) is 0. The molecule has 0 unspecified atom stereocenters. The molecule has 0 spiro atoms. The van der Waals surface area contributed by atoms with Crippen LogP contribution in [0.3, 0.4) is 0 Å². The molecule has 0 saturated carbocycles. The minimum Gasteiger partial charge on any atom is -0.344 e. The number of ether oxygens (including phenoxy) is 2. The monoisotopic (exact) mass is 209 g/mol. The van der Waals surface area contributed by atoms with E-state index in [1.807, 2.05) is 0 Å². The largest absolute Gasteiger partial charge is 0.344 e. The van der Waals surface area contributed by atoms with E-state index in [0.717, 1.165) is 0 Å². The fraction of sp³-hybridized carbons (Fsp3) is 0.417. The van der Waals surface area contributed by atoms with Crippen LogP contribution < -0.4 is 0 Å². The Bertz CT molecular complexity index is 362. The molecule has 1 fully saturated rings. The highest BCUT2D eigenvalue weighted by molar-refractivity contribution is 5.22. The van der Waals surface area contributed by atoms with Crippen molar-refractivity contribution in [2.75, 3.05) is 0 Å². The van der Waals surface area contributed by atoms with Gasteiger partial charge in [-0.15, -0.1) is 0 Å². The van der Waals surface area contributed by atoms with E-state index >= 15 is 0 Å². The SMILES string of the molecule is [CH2][C@H]1OC(C)(C)O[C@@H]1c1ccccc1F. The first kappa shape index (κ1) is 10.6. The summed E-state index contributed by atoms with van der Waals surface area (Å²) in [5, 5.41) is 0. The van der Waals surface area contributed by atoms with Crippen LogP contribution in [0.15, 0.2) is 24.3 Å². The summed E-state index contributed by atoms with van der Waals surface area (Å²) in [5.74, 6) is -0.975. The molecule has 0 aromatic heterocycles. The van der Waals surface area contributed by atoms with Gasteiger partial charge in [0, 0.05) is 5.56 Å². The number of rotatable bonds is 1. The van der Waals surface area contributed by atoms with E-state index in [1.54, 1.807) is 32.0 Å². The third-order valence-corrected chi connectivity index (χ3v) is 2.40. The van der Waals surface area contributed by atoms with Crippen molar-refractivity contribution in [1.29, 1.82) is 0 Å². The Morgan fingerprint density at radius 3 is 2.47 bits per heavy atom. The maximum absolute atomic E-state index is 13.5. The van der Waals surface area contributed by atoms with Crippen LogP contribution in [0, 0.1) is 12.7 Å². The average Bonchev–Trinajstić information content (AvgIpc) is 2.40. The second-order valence-electron chi connectivity index (χ2n) is 4.12. The maximum atomic E-state index is 13.5. The van der Waals surface area contributed by atoms with Crippen molar-refractivity contribution >= 4 is 0 Å². The lowest BCUT2D eigenvalue weighted by Gasteiger charge is -2.17. The molecule has 1 aliphatic heterocycles. The first-order chi connectivity index (χ1) is 6.99. The second-order valence-corrected chi connectivity index (χ2v) is 4.12. The lowest BCUT2D eigenvalue weighted by molar-refractivity contribution is -0.144. The number of halogens is 1. The third-order valence-electron chi connectivity index (χ3n) is 2.40. The second kappa shape index (κ2) is 3.58. The van der Waals surface area contributed by atoms with Gasteiger partial charge in [-0.2, -0.15) is 0 Å². The molecule has 1 aliphatic rings. The van der Waals surface area contributed by atoms with Crippen molar-refractivity contribution in [3.05, 3.63) is 42.6 Å². The zero-order valence-corrected chi connectivity index (χ0v) is 8.87. The molecule has 1 aromatic carbocycles. The molecule has 2 nitrogen and oxygen atoms in total. The van der Waals surface area contributed by atoms with Crippen molar-refractivity contribution in [2.45, 2.75) is 31.8 Å².